The maximum absolute atomic E-state index is 3.99. The topological polar surface area (TPSA) is 37.8 Å². The van der Waals surface area contributed by atoms with Crippen LogP contribution in [0.4, 0.5) is 0 Å². The van der Waals surface area contributed by atoms with Crippen molar-refractivity contribution in [3.63, 3.8) is 0 Å². The Morgan fingerprint density at radius 2 is 1.90 bits per heavy atom. The smallest absolute Gasteiger partial charge is 0.0703 e. The van der Waals surface area contributed by atoms with E-state index in [1.54, 1.807) is 0 Å². The number of rotatable bonds is 5. The predicted octanol–water partition coefficient (Wildman–Crippen LogP) is 3.92. The quantitative estimate of drug-likeness (QED) is 0.906. The molecule has 0 aliphatic rings. The molecule has 1 aromatic carbocycles. The van der Waals surface area contributed by atoms with Crippen molar-refractivity contribution in [2.24, 2.45) is 0 Å². The lowest BCUT2D eigenvalue weighted by Crippen LogP contribution is -2.22. The highest BCUT2D eigenvalue weighted by Gasteiger charge is 2.18. The highest BCUT2D eigenvalue weighted by atomic mass is 32.1. The van der Waals surface area contributed by atoms with Crippen LogP contribution in [0, 0.1) is 0 Å². The van der Waals surface area contributed by atoms with Gasteiger partial charge in [-0.15, -0.1) is 5.10 Å². The maximum Gasteiger partial charge on any atom is 0.0703 e. The van der Waals surface area contributed by atoms with Crippen molar-refractivity contribution < 1.29 is 0 Å². The van der Waals surface area contributed by atoms with E-state index in [1.807, 2.05) is 6.20 Å². The third-order valence-electron chi connectivity index (χ3n) is 3.37. The summed E-state index contributed by atoms with van der Waals surface area (Å²) < 4.78 is 3.99. The van der Waals surface area contributed by atoms with Gasteiger partial charge in [-0.25, -0.2) is 0 Å². The molecule has 0 spiro atoms. The van der Waals surface area contributed by atoms with Gasteiger partial charge in [0.15, 0.2) is 0 Å². The summed E-state index contributed by atoms with van der Waals surface area (Å²) in [5.74, 6) is 0. The summed E-state index contributed by atoms with van der Waals surface area (Å²) in [5.41, 5.74) is 2.83. The van der Waals surface area contributed by atoms with Gasteiger partial charge in [0.05, 0.1) is 17.1 Å². The highest BCUT2D eigenvalue weighted by molar-refractivity contribution is 7.05. The number of nitrogens with zero attached hydrogens (tertiary/aromatic N) is 2. The van der Waals surface area contributed by atoms with Gasteiger partial charge < -0.3 is 5.32 Å². The van der Waals surface area contributed by atoms with Crippen molar-refractivity contribution in [2.45, 2.75) is 45.6 Å². The molecule has 0 fully saturated rings. The second-order valence-corrected chi connectivity index (χ2v) is 6.90. The Labute approximate surface area is 125 Å². The van der Waals surface area contributed by atoms with Crippen LogP contribution in [-0.2, 0) is 5.41 Å². The number of aromatic nitrogens is 2. The zero-order chi connectivity index (χ0) is 14.6. The number of nitrogens with one attached hydrogen (secondary N) is 1. The minimum absolute atomic E-state index is 0.191. The number of benzene rings is 1. The molecule has 0 aliphatic carbocycles. The normalized spacial score (nSPS) is 13.4. The van der Waals surface area contributed by atoms with Gasteiger partial charge in [-0.1, -0.05) is 56.4 Å². The van der Waals surface area contributed by atoms with Crippen LogP contribution in [0.25, 0.3) is 0 Å². The summed E-state index contributed by atoms with van der Waals surface area (Å²) in [6.45, 7) is 9.88. The molecule has 2 aromatic rings. The first kappa shape index (κ1) is 15.1. The molecule has 0 radical (unpaired) electrons. The third-order valence-corrected chi connectivity index (χ3v) is 4.10. The lowest BCUT2D eigenvalue weighted by molar-refractivity contribution is 0.585. The molecule has 1 N–H and O–H groups in total. The van der Waals surface area contributed by atoms with E-state index in [4.69, 9.17) is 0 Å². The molecule has 4 heteroatoms. The minimum Gasteiger partial charge on any atom is -0.305 e. The van der Waals surface area contributed by atoms with E-state index in [1.165, 1.54) is 27.5 Å². The second-order valence-electron chi connectivity index (χ2n) is 6.08. The van der Waals surface area contributed by atoms with Gasteiger partial charge in [-0.05, 0) is 41.0 Å². The molecule has 1 unspecified atom stereocenters. The summed E-state index contributed by atoms with van der Waals surface area (Å²) in [6, 6.07) is 9.08. The zero-order valence-electron chi connectivity index (χ0n) is 12.7. The van der Waals surface area contributed by atoms with Crippen molar-refractivity contribution in [1.29, 1.82) is 0 Å². The highest BCUT2D eigenvalue weighted by Crippen LogP contribution is 2.27. The van der Waals surface area contributed by atoms with E-state index in [0.29, 0.717) is 0 Å². The Hall–Kier alpha value is -1.26. The van der Waals surface area contributed by atoms with Crippen molar-refractivity contribution in [3.8, 4) is 0 Å². The Morgan fingerprint density at radius 1 is 1.20 bits per heavy atom. The van der Waals surface area contributed by atoms with E-state index in [2.05, 4.69) is 66.9 Å². The van der Waals surface area contributed by atoms with Gasteiger partial charge in [0.1, 0.15) is 0 Å². The number of hydrogen-bond acceptors (Lipinski definition) is 4. The molecule has 0 aliphatic heterocycles. The van der Waals surface area contributed by atoms with Crippen molar-refractivity contribution >= 4 is 11.5 Å². The van der Waals surface area contributed by atoms with Crippen molar-refractivity contribution in [3.05, 3.63) is 46.5 Å². The number of hydrogen-bond donors (Lipinski definition) is 1. The van der Waals surface area contributed by atoms with E-state index in [9.17, 15) is 0 Å². The molecule has 20 heavy (non-hydrogen) atoms. The van der Waals surface area contributed by atoms with E-state index in [-0.39, 0.29) is 11.5 Å². The fourth-order valence-electron chi connectivity index (χ4n) is 2.15. The monoisotopic (exact) mass is 289 g/mol. The predicted molar refractivity (Wildman–Crippen MR) is 85.2 cm³/mol. The van der Waals surface area contributed by atoms with Gasteiger partial charge in [0.2, 0.25) is 0 Å². The molecule has 0 saturated heterocycles. The molecule has 1 atom stereocenters. The first-order chi connectivity index (χ1) is 9.52. The summed E-state index contributed by atoms with van der Waals surface area (Å²) in [5, 5.41) is 7.54. The zero-order valence-corrected chi connectivity index (χ0v) is 13.5. The Bertz CT molecular complexity index is 512. The fraction of sp³-hybridized carbons (Fsp3) is 0.500. The van der Waals surface area contributed by atoms with E-state index in [0.717, 1.165) is 13.0 Å². The van der Waals surface area contributed by atoms with Crippen LogP contribution < -0.4 is 5.32 Å². The lowest BCUT2D eigenvalue weighted by atomic mass is 9.86. The van der Waals surface area contributed by atoms with Crippen LogP contribution in [0.1, 0.15) is 56.2 Å². The molecule has 2 rings (SSSR count). The molecule has 0 bridgehead atoms. The molecular formula is C16H23N3S. The molecular weight excluding hydrogens is 266 g/mol. The van der Waals surface area contributed by atoms with Crippen LogP contribution in [0.5, 0.6) is 0 Å². The van der Waals surface area contributed by atoms with Gasteiger partial charge >= 0.3 is 0 Å². The Morgan fingerprint density at radius 3 is 2.40 bits per heavy atom. The van der Waals surface area contributed by atoms with Crippen LogP contribution in [0.3, 0.4) is 0 Å². The Balaban J connectivity index is 2.25. The van der Waals surface area contributed by atoms with Gasteiger partial charge in [-0.3, -0.25) is 0 Å². The molecule has 1 aromatic heterocycles. The first-order valence-electron chi connectivity index (χ1n) is 7.13. The molecule has 0 amide bonds. The van der Waals surface area contributed by atoms with Crippen molar-refractivity contribution in [1.82, 2.24) is 14.9 Å². The summed E-state index contributed by atoms with van der Waals surface area (Å²) >= 11 is 1.46. The van der Waals surface area contributed by atoms with Crippen LogP contribution in [0.2, 0.25) is 0 Å². The van der Waals surface area contributed by atoms with Gasteiger partial charge in [0, 0.05) is 0 Å². The Kier molecular flexibility index (Phi) is 4.89. The summed E-state index contributed by atoms with van der Waals surface area (Å²) in [6.07, 6.45) is 2.97. The van der Waals surface area contributed by atoms with Crippen LogP contribution >= 0.6 is 11.5 Å². The largest absolute Gasteiger partial charge is 0.305 e. The van der Waals surface area contributed by atoms with Crippen molar-refractivity contribution in [2.75, 3.05) is 6.54 Å². The van der Waals surface area contributed by atoms with E-state index < -0.39 is 0 Å². The summed E-state index contributed by atoms with van der Waals surface area (Å²) in [7, 11) is 0. The first-order valence-corrected chi connectivity index (χ1v) is 7.91. The molecule has 3 nitrogen and oxygen atoms in total. The van der Waals surface area contributed by atoms with Gasteiger partial charge in [0.25, 0.3) is 0 Å². The molecule has 0 saturated carbocycles. The van der Waals surface area contributed by atoms with Crippen LogP contribution in [-0.4, -0.2) is 16.1 Å². The van der Waals surface area contributed by atoms with Crippen LogP contribution in [0.15, 0.2) is 30.5 Å². The average molecular weight is 289 g/mol. The second kappa shape index (κ2) is 6.46. The standard InChI is InChI=1S/C16H23N3S/c1-5-10-17-15(14-11-18-19-20-14)12-6-8-13(9-7-12)16(2,3)4/h6-9,11,15,17H,5,10H2,1-4H3. The fourth-order valence-corrected chi connectivity index (χ4v) is 2.76. The maximum atomic E-state index is 3.99. The third kappa shape index (κ3) is 3.64. The molecule has 1 heterocycles. The lowest BCUT2D eigenvalue weighted by Gasteiger charge is -2.21. The van der Waals surface area contributed by atoms with E-state index >= 15 is 0 Å². The minimum atomic E-state index is 0.191. The SMILES string of the molecule is CCCNC(c1ccc(C(C)(C)C)cc1)c1cnns1. The van der Waals surface area contributed by atoms with Gasteiger partial charge in [-0.2, -0.15) is 0 Å². The molecule has 108 valence electrons. The average Bonchev–Trinajstić information content (AvgIpc) is 2.93. The summed E-state index contributed by atoms with van der Waals surface area (Å²) in [4.78, 5) is 1.17.